The molecular weight excluding hydrogens is 608 g/mol. The van der Waals surface area contributed by atoms with Crippen molar-refractivity contribution < 1.29 is 31.5 Å². The lowest BCUT2D eigenvalue weighted by Crippen LogP contribution is -2.37. The molecule has 0 aliphatic heterocycles. The number of aryl methyl sites for hydroxylation is 1. The van der Waals surface area contributed by atoms with Crippen LogP contribution in [0.25, 0.3) is 16.6 Å². The van der Waals surface area contributed by atoms with Crippen LogP contribution in [0.1, 0.15) is 41.9 Å². The summed E-state index contributed by atoms with van der Waals surface area (Å²) in [6, 6.07) is 5.20. The molecule has 0 bridgehead atoms. The number of ketones is 1. The number of aromatic amines is 1. The molecule has 1 unspecified atom stereocenters. The molecule has 1 aliphatic rings. The van der Waals surface area contributed by atoms with Gasteiger partial charge in [-0.2, -0.15) is 9.49 Å². The van der Waals surface area contributed by atoms with Crippen LogP contribution >= 0.6 is 0 Å². The maximum atomic E-state index is 14.9. The molecule has 45 heavy (non-hydrogen) atoms. The molecule has 4 aromatic rings. The third-order valence-corrected chi connectivity index (χ3v) is 8.41. The summed E-state index contributed by atoms with van der Waals surface area (Å²) in [5.74, 6) is -4.86. The van der Waals surface area contributed by atoms with Crippen molar-refractivity contribution in [1.82, 2.24) is 24.6 Å². The van der Waals surface area contributed by atoms with Crippen molar-refractivity contribution in [2.75, 3.05) is 29.3 Å². The summed E-state index contributed by atoms with van der Waals surface area (Å²) in [6.07, 6.45) is 8.93. The third kappa shape index (κ3) is 6.57. The van der Waals surface area contributed by atoms with Gasteiger partial charge in [-0.1, -0.05) is 18.2 Å². The van der Waals surface area contributed by atoms with E-state index in [1.165, 1.54) is 46.3 Å². The van der Waals surface area contributed by atoms with Gasteiger partial charge in [0, 0.05) is 36.5 Å². The van der Waals surface area contributed by atoms with Crippen molar-refractivity contribution in [2.24, 2.45) is 0 Å². The Labute approximate surface area is 257 Å². The number of alkyl halides is 1. The molecule has 3 heterocycles. The molecule has 0 saturated carbocycles. The van der Waals surface area contributed by atoms with Crippen LogP contribution in [0.5, 0.6) is 5.88 Å². The van der Waals surface area contributed by atoms with Gasteiger partial charge in [0.05, 0.1) is 35.0 Å². The molecule has 3 aromatic heterocycles. The Morgan fingerprint density at radius 1 is 1.18 bits per heavy atom. The molecule has 1 atom stereocenters. The first kappa shape index (κ1) is 31.4. The molecule has 236 valence electrons. The normalized spacial score (nSPS) is 16.2. The number of sulfonamides is 1. The number of carbonyl (C=O) groups excluding carboxylic acids is 2. The molecule has 1 aliphatic carbocycles. The molecule has 1 amide bonds. The fourth-order valence-corrected chi connectivity index (χ4v) is 5.95. The summed E-state index contributed by atoms with van der Waals surface area (Å²) in [5, 5.41) is 4.54. The van der Waals surface area contributed by atoms with E-state index < -0.39 is 39.1 Å². The highest BCUT2D eigenvalue weighted by atomic mass is 32.2. The van der Waals surface area contributed by atoms with E-state index in [2.05, 4.69) is 19.8 Å². The minimum Gasteiger partial charge on any atom is -0.437 e. The summed E-state index contributed by atoms with van der Waals surface area (Å²) < 4.78 is 63.8. The predicted octanol–water partition coefficient (Wildman–Crippen LogP) is 4.18. The van der Waals surface area contributed by atoms with Gasteiger partial charge in [0.25, 0.3) is 5.85 Å². The van der Waals surface area contributed by atoms with Crippen LogP contribution in [-0.4, -0.2) is 69.5 Å². The van der Waals surface area contributed by atoms with E-state index in [1.54, 1.807) is 39.0 Å². The van der Waals surface area contributed by atoms with E-state index in [0.717, 1.165) is 6.07 Å². The number of halogens is 2. The molecular formula is C30H31F2N7O5S. The summed E-state index contributed by atoms with van der Waals surface area (Å²) in [5.41, 5.74) is 7.31. The van der Waals surface area contributed by atoms with Gasteiger partial charge in [0.15, 0.2) is 0 Å². The number of hydrogen-bond donors (Lipinski definition) is 3. The minimum absolute atomic E-state index is 0.00274. The van der Waals surface area contributed by atoms with Crippen molar-refractivity contribution >= 4 is 44.1 Å². The number of aromatic nitrogens is 4. The van der Waals surface area contributed by atoms with Crippen molar-refractivity contribution in [3.8, 4) is 11.6 Å². The molecule has 5 rings (SSSR count). The Kier molecular flexibility index (Phi) is 8.47. The van der Waals surface area contributed by atoms with Crippen molar-refractivity contribution in [3.63, 3.8) is 0 Å². The fourth-order valence-electron chi connectivity index (χ4n) is 4.88. The SMILES string of the molecule is CCN(CC)C(=O)CS(=O)(=O)Nc1cc2[nH]c(C(=O)c3cnn(-c4cnc(OC5(F)C=CC=CC5)cc4C)c3N)cc2cc1F. The van der Waals surface area contributed by atoms with Crippen LogP contribution in [0.15, 0.2) is 61.0 Å². The standard InChI is InChI=1S/C30H31F2N7O5S/c1-4-38(5-2)27(40)17-45(42,43)37-23-14-22-19(12-21(23)31)13-24(36-22)28(41)20-15-35-39(29(20)33)25-16-34-26(11-18(25)3)44-30(32)9-7-6-8-10-30/h6-9,11-16,36-37H,4-5,10,17,33H2,1-3H3. The second kappa shape index (κ2) is 12.1. The number of carbonyl (C=O) groups is 2. The second-order valence-corrected chi connectivity index (χ2v) is 12.1. The number of nitrogen functional groups attached to an aromatic ring is 1. The van der Waals surface area contributed by atoms with E-state index in [1.807, 2.05) is 0 Å². The van der Waals surface area contributed by atoms with Gasteiger partial charge < -0.3 is 20.4 Å². The number of amides is 1. The van der Waals surface area contributed by atoms with Gasteiger partial charge in [-0.05, 0) is 50.6 Å². The number of H-pyrrole nitrogens is 1. The topological polar surface area (TPSA) is 165 Å². The highest BCUT2D eigenvalue weighted by Crippen LogP contribution is 2.30. The summed E-state index contributed by atoms with van der Waals surface area (Å²) in [7, 11) is -4.22. The molecule has 0 fully saturated rings. The predicted molar refractivity (Wildman–Crippen MR) is 165 cm³/mol. The number of pyridine rings is 1. The van der Waals surface area contributed by atoms with E-state index in [4.69, 9.17) is 10.5 Å². The number of nitrogens with zero attached hydrogens (tertiary/aromatic N) is 4. The van der Waals surface area contributed by atoms with E-state index in [0.29, 0.717) is 29.7 Å². The zero-order valence-electron chi connectivity index (χ0n) is 24.7. The largest absolute Gasteiger partial charge is 0.437 e. The lowest BCUT2D eigenvalue weighted by Gasteiger charge is -2.23. The van der Waals surface area contributed by atoms with Crippen LogP contribution in [0.4, 0.5) is 20.3 Å². The number of ether oxygens (including phenoxy) is 1. The summed E-state index contributed by atoms with van der Waals surface area (Å²) in [6.45, 7) is 5.84. The number of nitrogens with one attached hydrogen (secondary N) is 2. The smallest absolute Gasteiger partial charge is 0.272 e. The van der Waals surface area contributed by atoms with Gasteiger partial charge in [-0.3, -0.25) is 14.3 Å². The first-order chi connectivity index (χ1) is 21.3. The number of anilines is 2. The Morgan fingerprint density at radius 2 is 1.93 bits per heavy atom. The molecule has 0 spiro atoms. The maximum Gasteiger partial charge on any atom is 0.272 e. The van der Waals surface area contributed by atoms with Crippen LogP contribution in [0.3, 0.4) is 0 Å². The van der Waals surface area contributed by atoms with Gasteiger partial charge in [-0.25, -0.2) is 22.5 Å². The molecule has 4 N–H and O–H groups in total. The molecule has 15 heteroatoms. The number of benzene rings is 1. The number of allylic oxidation sites excluding steroid dienone is 2. The highest BCUT2D eigenvalue weighted by molar-refractivity contribution is 7.93. The van der Waals surface area contributed by atoms with E-state index in [9.17, 15) is 26.8 Å². The highest BCUT2D eigenvalue weighted by Gasteiger charge is 2.29. The van der Waals surface area contributed by atoms with Crippen LogP contribution < -0.4 is 15.2 Å². The van der Waals surface area contributed by atoms with E-state index >= 15 is 0 Å². The third-order valence-electron chi connectivity index (χ3n) is 7.25. The minimum atomic E-state index is -4.22. The average Bonchev–Trinajstić information content (AvgIpc) is 3.56. The lowest BCUT2D eigenvalue weighted by molar-refractivity contribution is -0.128. The van der Waals surface area contributed by atoms with Gasteiger partial charge >= 0.3 is 0 Å². The molecule has 1 aromatic carbocycles. The lowest BCUT2D eigenvalue weighted by atomic mass is 10.1. The second-order valence-electron chi connectivity index (χ2n) is 10.4. The fraction of sp³-hybridized carbons (Fsp3) is 0.267. The number of hydrogen-bond acceptors (Lipinski definition) is 8. The first-order valence-electron chi connectivity index (χ1n) is 14.0. The zero-order valence-corrected chi connectivity index (χ0v) is 25.5. The average molecular weight is 640 g/mol. The molecule has 0 radical (unpaired) electrons. The number of nitrogens with two attached hydrogens (primary N) is 1. The monoisotopic (exact) mass is 639 g/mol. The van der Waals surface area contributed by atoms with Crippen molar-refractivity contribution in [3.05, 3.63) is 83.6 Å². The van der Waals surface area contributed by atoms with E-state index in [-0.39, 0.29) is 40.6 Å². The van der Waals surface area contributed by atoms with Gasteiger partial charge in [0.1, 0.15) is 17.4 Å². The maximum absolute atomic E-state index is 14.9. The first-order valence-corrected chi connectivity index (χ1v) is 15.7. The number of fused-ring (bicyclic) bond motifs is 1. The van der Waals surface area contributed by atoms with Gasteiger partial charge in [0.2, 0.25) is 27.6 Å². The van der Waals surface area contributed by atoms with Gasteiger partial charge in [-0.15, -0.1) is 0 Å². The Morgan fingerprint density at radius 3 is 2.60 bits per heavy atom. The van der Waals surface area contributed by atoms with Crippen LogP contribution in [0, 0.1) is 12.7 Å². The Hall–Kier alpha value is -5.05. The number of rotatable bonds is 11. The quantitative estimate of drug-likeness (QED) is 0.206. The summed E-state index contributed by atoms with van der Waals surface area (Å²) in [4.78, 5) is 34.1. The van der Waals surface area contributed by atoms with Crippen LogP contribution in [-0.2, 0) is 14.8 Å². The zero-order chi connectivity index (χ0) is 32.5. The Balaban J connectivity index is 1.36. The molecule has 0 saturated heterocycles. The van der Waals surface area contributed by atoms with Crippen molar-refractivity contribution in [2.45, 2.75) is 33.0 Å². The Bertz CT molecular complexity index is 1960. The molecule has 12 nitrogen and oxygen atoms in total. The van der Waals surface area contributed by atoms with Crippen LogP contribution in [0.2, 0.25) is 0 Å². The summed E-state index contributed by atoms with van der Waals surface area (Å²) >= 11 is 0. The van der Waals surface area contributed by atoms with Crippen molar-refractivity contribution in [1.29, 1.82) is 0 Å².